The Morgan fingerprint density at radius 2 is 2.05 bits per heavy atom. The molecule has 1 saturated carbocycles. The van der Waals surface area contributed by atoms with Gasteiger partial charge in [-0.05, 0) is 38.9 Å². The highest BCUT2D eigenvalue weighted by Gasteiger charge is 2.27. The molecule has 1 N–H and O–H groups in total. The SMILES string of the molecule is CN(C)[C@@H]1CC[C@@H](NC(=O)OCc2ccccc2)C1. The fourth-order valence-corrected chi connectivity index (χ4v) is 2.49. The van der Waals surface area contributed by atoms with E-state index < -0.39 is 0 Å². The number of rotatable bonds is 4. The van der Waals surface area contributed by atoms with Crippen LogP contribution in [0.3, 0.4) is 0 Å². The molecular formula is C15H22N2O2. The lowest BCUT2D eigenvalue weighted by Gasteiger charge is -2.19. The molecule has 1 aromatic rings. The third-order valence-corrected chi connectivity index (χ3v) is 3.67. The van der Waals surface area contributed by atoms with E-state index in [1.807, 2.05) is 30.3 Å². The largest absolute Gasteiger partial charge is 0.445 e. The van der Waals surface area contributed by atoms with E-state index in [4.69, 9.17) is 4.74 Å². The van der Waals surface area contributed by atoms with E-state index in [0.29, 0.717) is 12.6 Å². The predicted molar refractivity (Wildman–Crippen MR) is 74.9 cm³/mol. The second-order valence-corrected chi connectivity index (χ2v) is 5.33. The van der Waals surface area contributed by atoms with Crippen molar-refractivity contribution < 1.29 is 9.53 Å². The van der Waals surface area contributed by atoms with Crippen molar-refractivity contribution in [1.82, 2.24) is 10.2 Å². The Kier molecular flexibility index (Phi) is 4.80. The summed E-state index contributed by atoms with van der Waals surface area (Å²) in [6, 6.07) is 10.5. The molecule has 1 aromatic carbocycles. The van der Waals surface area contributed by atoms with Crippen LogP contribution in [0, 0.1) is 0 Å². The lowest BCUT2D eigenvalue weighted by molar-refractivity contribution is 0.135. The van der Waals surface area contributed by atoms with E-state index >= 15 is 0 Å². The van der Waals surface area contributed by atoms with Gasteiger partial charge in [0.05, 0.1) is 0 Å². The number of ether oxygens (including phenoxy) is 1. The molecule has 104 valence electrons. The Labute approximate surface area is 114 Å². The minimum atomic E-state index is -0.312. The molecule has 1 fully saturated rings. The molecule has 2 rings (SSSR count). The van der Waals surface area contributed by atoms with Crippen molar-refractivity contribution in [3.63, 3.8) is 0 Å². The zero-order valence-corrected chi connectivity index (χ0v) is 11.6. The molecule has 0 aliphatic heterocycles. The number of hydrogen-bond donors (Lipinski definition) is 1. The Hall–Kier alpha value is -1.55. The smallest absolute Gasteiger partial charge is 0.407 e. The van der Waals surface area contributed by atoms with Crippen molar-refractivity contribution in [2.45, 2.75) is 38.0 Å². The number of benzene rings is 1. The summed E-state index contributed by atoms with van der Waals surface area (Å²) < 4.78 is 5.22. The van der Waals surface area contributed by atoms with Crippen LogP contribution < -0.4 is 5.32 Å². The zero-order chi connectivity index (χ0) is 13.7. The molecule has 2 atom stereocenters. The molecule has 4 heteroatoms. The molecular weight excluding hydrogens is 240 g/mol. The standard InChI is InChI=1S/C15H22N2O2/c1-17(2)14-9-8-13(10-14)16-15(18)19-11-12-6-4-3-5-7-12/h3-7,13-14H,8-11H2,1-2H3,(H,16,18)/t13-,14-/m1/s1. The summed E-state index contributed by atoms with van der Waals surface area (Å²) in [6.45, 7) is 0.330. The second-order valence-electron chi connectivity index (χ2n) is 5.33. The summed E-state index contributed by atoms with van der Waals surface area (Å²) in [4.78, 5) is 13.9. The van der Waals surface area contributed by atoms with Crippen LogP contribution in [0.4, 0.5) is 4.79 Å². The maximum atomic E-state index is 11.7. The van der Waals surface area contributed by atoms with Gasteiger partial charge in [-0.15, -0.1) is 0 Å². The Bertz CT molecular complexity index is 406. The van der Waals surface area contributed by atoms with Crippen LogP contribution in [0.2, 0.25) is 0 Å². The highest BCUT2D eigenvalue weighted by molar-refractivity contribution is 5.67. The second kappa shape index (κ2) is 6.57. The average molecular weight is 262 g/mol. The van der Waals surface area contributed by atoms with Crippen LogP contribution in [0.1, 0.15) is 24.8 Å². The van der Waals surface area contributed by atoms with Crippen molar-refractivity contribution in [3.8, 4) is 0 Å². The molecule has 1 amide bonds. The van der Waals surface area contributed by atoms with Crippen LogP contribution in [0.5, 0.6) is 0 Å². The number of nitrogens with zero attached hydrogens (tertiary/aromatic N) is 1. The molecule has 0 bridgehead atoms. The van der Waals surface area contributed by atoms with E-state index in [0.717, 1.165) is 24.8 Å². The molecule has 4 nitrogen and oxygen atoms in total. The summed E-state index contributed by atoms with van der Waals surface area (Å²) in [5.41, 5.74) is 1.01. The van der Waals surface area contributed by atoms with E-state index in [9.17, 15) is 4.79 Å². The van der Waals surface area contributed by atoms with Gasteiger partial charge in [0, 0.05) is 12.1 Å². The lowest BCUT2D eigenvalue weighted by atomic mass is 10.2. The number of carbonyl (C=O) groups is 1. The minimum absolute atomic E-state index is 0.246. The fraction of sp³-hybridized carbons (Fsp3) is 0.533. The summed E-state index contributed by atoms with van der Waals surface area (Å²) in [5.74, 6) is 0. The normalized spacial score (nSPS) is 22.5. The topological polar surface area (TPSA) is 41.6 Å². The van der Waals surface area contributed by atoms with Crippen molar-refractivity contribution in [3.05, 3.63) is 35.9 Å². The highest BCUT2D eigenvalue weighted by atomic mass is 16.5. The Morgan fingerprint density at radius 3 is 2.68 bits per heavy atom. The quantitative estimate of drug-likeness (QED) is 0.906. The molecule has 1 aliphatic carbocycles. The zero-order valence-electron chi connectivity index (χ0n) is 11.6. The maximum Gasteiger partial charge on any atom is 0.407 e. The van der Waals surface area contributed by atoms with E-state index in [2.05, 4.69) is 24.3 Å². The number of hydrogen-bond acceptors (Lipinski definition) is 3. The van der Waals surface area contributed by atoms with E-state index in [-0.39, 0.29) is 12.1 Å². The van der Waals surface area contributed by atoms with Gasteiger partial charge in [-0.1, -0.05) is 30.3 Å². The van der Waals surface area contributed by atoms with Crippen LogP contribution in [0.15, 0.2) is 30.3 Å². The predicted octanol–water partition coefficient (Wildman–Crippen LogP) is 2.40. The molecule has 1 aliphatic rings. The van der Waals surface area contributed by atoms with Gasteiger partial charge in [0.1, 0.15) is 6.61 Å². The van der Waals surface area contributed by atoms with Crippen molar-refractivity contribution in [1.29, 1.82) is 0 Å². The van der Waals surface area contributed by atoms with Crippen LogP contribution >= 0.6 is 0 Å². The number of alkyl carbamates (subject to hydrolysis) is 1. The first kappa shape index (κ1) is 13.9. The number of carbonyl (C=O) groups excluding carboxylic acids is 1. The number of nitrogens with one attached hydrogen (secondary N) is 1. The third-order valence-electron chi connectivity index (χ3n) is 3.67. The van der Waals surface area contributed by atoms with Crippen molar-refractivity contribution >= 4 is 6.09 Å². The van der Waals surface area contributed by atoms with Gasteiger partial charge in [0.25, 0.3) is 0 Å². The van der Waals surface area contributed by atoms with Gasteiger partial charge in [0.15, 0.2) is 0 Å². The maximum absolute atomic E-state index is 11.7. The molecule has 0 saturated heterocycles. The van der Waals surface area contributed by atoms with E-state index in [1.54, 1.807) is 0 Å². The fourth-order valence-electron chi connectivity index (χ4n) is 2.49. The molecule has 0 heterocycles. The Morgan fingerprint density at radius 1 is 1.32 bits per heavy atom. The minimum Gasteiger partial charge on any atom is -0.445 e. The first-order chi connectivity index (χ1) is 9.15. The molecule has 0 spiro atoms. The lowest BCUT2D eigenvalue weighted by Crippen LogP contribution is -2.35. The molecule has 0 radical (unpaired) electrons. The van der Waals surface area contributed by atoms with Crippen LogP contribution in [0.25, 0.3) is 0 Å². The van der Waals surface area contributed by atoms with Gasteiger partial charge < -0.3 is 15.0 Å². The summed E-state index contributed by atoms with van der Waals surface area (Å²) in [5, 5.41) is 2.95. The van der Waals surface area contributed by atoms with Gasteiger partial charge >= 0.3 is 6.09 Å². The van der Waals surface area contributed by atoms with Gasteiger partial charge in [0.2, 0.25) is 0 Å². The third kappa shape index (κ3) is 4.24. The summed E-state index contributed by atoms with van der Waals surface area (Å²) >= 11 is 0. The molecule has 0 aromatic heterocycles. The van der Waals surface area contributed by atoms with E-state index in [1.165, 1.54) is 0 Å². The summed E-state index contributed by atoms with van der Waals surface area (Å²) in [7, 11) is 4.17. The molecule has 19 heavy (non-hydrogen) atoms. The first-order valence-corrected chi connectivity index (χ1v) is 6.79. The van der Waals surface area contributed by atoms with Crippen molar-refractivity contribution in [2.24, 2.45) is 0 Å². The summed E-state index contributed by atoms with van der Waals surface area (Å²) in [6.07, 6.45) is 2.86. The van der Waals surface area contributed by atoms with Crippen LogP contribution in [-0.4, -0.2) is 37.2 Å². The van der Waals surface area contributed by atoms with Crippen LogP contribution in [-0.2, 0) is 11.3 Å². The first-order valence-electron chi connectivity index (χ1n) is 6.79. The van der Waals surface area contributed by atoms with Gasteiger partial charge in [-0.3, -0.25) is 0 Å². The van der Waals surface area contributed by atoms with Gasteiger partial charge in [-0.25, -0.2) is 4.79 Å². The highest BCUT2D eigenvalue weighted by Crippen LogP contribution is 2.22. The average Bonchev–Trinajstić information content (AvgIpc) is 2.86. The Balaban J connectivity index is 1.71. The van der Waals surface area contributed by atoms with Gasteiger partial charge in [-0.2, -0.15) is 0 Å². The van der Waals surface area contributed by atoms with Crippen molar-refractivity contribution in [2.75, 3.05) is 14.1 Å². The monoisotopic (exact) mass is 262 g/mol. The molecule has 0 unspecified atom stereocenters. The number of amides is 1.